The molecule has 0 aliphatic carbocycles. The van der Waals surface area contributed by atoms with E-state index in [1.807, 2.05) is 0 Å². The SMILES string of the molecule is Cc1c(C(=O)Nc2ccc(C[SH](=O)=O)cc2)cn(Cc2nccc(N)n2)c1-c1ccccc1C(F)(F)F. The Morgan fingerprint density at radius 1 is 1.08 bits per heavy atom. The van der Waals surface area contributed by atoms with Gasteiger partial charge in [-0.25, -0.2) is 18.4 Å². The first-order chi connectivity index (χ1) is 17.5. The summed E-state index contributed by atoms with van der Waals surface area (Å²) in [6.45, 7) is 1.55. The summed E-state index contributed by atoms with van der Waals surface area (Å²) >= 11 is 0. The fourth-order valence-corrected chi connectivity index (χ4v) is 4.50. The van der Waals surface area contributed by atoms with Gasteiger partial charge in [0.25, 0.3) is 5.91 Å². The first-order valence-electron chi connectivity index (χ1n) is 11.0. The Labute approximate surface area is 211 Å². The summed E-state index contributed by atoms with van der Waals surface area (Å²) in [7, 11) is -2.59. The zero-order valence-electron chi connectivity index (χ0n) is 19.5. The van der Waals surface area contributed by atoms with E-state index in [1.54, 1.807) is 31.2 Å². The molecular weight excluding hydrogens is 507 g/mol. The molecule has 0 unspecified atom stereocenters. The fourth-order valence-electron chi connectivity index (χ4n) is 3.99. The number of benzene rings is 2. The second kappa shape index (κ2) is 10.4. The number of amides is 1. The van der Waals surface area contributed by atoms with Gasteiger partial charge in [0.1, 0.15) is 22.3 Å². The molecule has 3 N–H and O–H groups in total. The van der Waals surface area contributed by atoms with E-state index >= 15 is 0 Å². The summed E-state index contributed by atoms with van der Waals surface area (Å²) < 4.78 is 65.0. The van der Waals surface area contributed by atoms with Gasteiger partial charge < -0.3 is 15.6 Å². The van der Waals surface area contributed by atoms with Crippen LogP contribution in [0.1, 0.15) is 32.9 Å². The van der Waals surface area contributed by atoms with Crippen LogP contribution in [0.15, 0.2) is 67.0 Å². The predicted molar refractivity (Wildman–Crippen MR) is 134 cm³/mol. The lowest BCUT2D eigenvalue weighted by Crippen LogP contribution is -2.12. The first-order valence-corrected chi connectivity index (χ1v) is 12.3. The van der Waals surface area contributed by atoms with Gasteiger partial charge in [0.15, 0.2) is 0 Å². The molecular formula is C25H22F3N5O3S. The fraction of sp³-hybridized carbons (Fsp3) is 0.160. The molecule has 12 heteroatoms. The minimum atomic E-state index is -4.62. The van der Waals surface area contributed by atoms with E-state index in [4.69, 9.17) is 5.73 Å². The lowest BCUT2D eigenvalue weighted by molar-refractivity contribution is -0.137. The maximum Gasteiger partial charge on any atom is 0.417 e. The van der Waals surface area contributed by atoms with Crippen molar-refractivity contribution < 1.29 is 26.4 Å². The Balaban J connectivity index is 1.76. The number of nitrogens with zero attached hydrogens (tertiary/aromatic N) is 3. The van der Waals surface area contributed by atoms with Crippen LogP contribution in [0, 0.1) is 6.92 Å². The van der Waals surface area contributed by atoms with E-state index in [-0.39, 0.29) is 40.8 Å². The number of hydrogen-bond donors (Lipinski definition) is 3. The monoisotopic (exact) mass is 529 g/mol. The van der Waals surface area contributed by atoms with Crippen LogP contribution in [0.2, 0.25) is 0 Å². The molecule has 8 nitrogen and oxygen atoms in total. The number of carbonyl (C=O) groups excluding carboxylic acids is 1. The molecule has 2 heterocycles. The van der Waals surface area contributed by atoms with Crippen molar-refractivity contribution in [2.75, 3.05) is 11.1 Å². The molecule has 0 saturated heterocycles. The standard InChI is InChI=1S/C25H22F3N5O3S/c1-15-19(24(34)31-17-8-6-16(7-9-17)14-37(35)36)12-33(13-22-30-11-10-21(29)32-22)23(15)18-4-2-3-5-20(18)25(26,27)28/h2-12,37H,13-14H2,1H3,(H,31,34)(H2,29,30,32). The lowest BCUT2D eigenvalue weighted by Gasteiger charge is -2.16. The molecule has 0 saturated carbocycles. The Morgan fingerprint density at radius 3 is 2.43 bits per heavy atom. The zero-order valence-corrected chi connectivity index (χ0v) is 20.4. The topological polar surface area (TPSA) is 120 Å². The molecule has 2 aromatic carbocycles. The molecule has 0 bridgehead atoms. The van der Waals surface area contributed by atoms with Crippen molar-refractivity contribution in [2.24, 2.45) is 0 Å². The van der Waals surface area contributed by atoms with Gasteiger partial charge in [-0.1, -0.05) is 30.3 Å². The van der Waals surface area contributed by atoms with Crippen molar-refractivity contribution in [1.82, 2.24) is 14.5 Å². The smallest absolute Gasteiger partial charge is 0.384 e. The number of rotatable bonds is 7. The van der Waals surface area contributed by atoms with E-state index in [2.05, 4.69) is 15.3 Å². The van der Waals surface area contributed by atoms with Crippen LogP contribution in [0.4, 0.5) is 24.7 Å². The Bertz CT molecular complexity index is 1520. The normalized spacial score (nSPS) is 11.6. The molecule has 0 radical (unpaired) electrons. The maximum absolute atomic E-state index is 13.9. The number of thiol groups is 1. The minimum absolute atomic E-state index is 0.0250. The molecule has 2 aromatic heterocycles. The summed E-state index contributed by atoms with van der Waals surface area (Å²) in [4.78, 5) is 21.5. The van der Waals surface area contributed by atoms with Gasteiger partial charge in [-0.05, 0) is 42.3 Å². The number of halogens is 3. The average Bonchev–Trinajstić information content (AvgIpc) is 3.15. The number of hydrogen-bond acceptors (Lipinski definition) is 6. The summed E-state index contributed by atoms with van der Waals surface area (Å²) in [5, 5.41) is 2.71. The number of anilines is 2. The summed E-state index contributed by atoms with van der Waals surface area (Å²) in [6.07, 6.45) is -1.72. The third-order valence-electron chi connectivity index (χ3n) is 5.63. The van der Waals surface area contributed by atoms with Crippen molar-refractivity contribution >= 4 is 28.1 Å². The van der Waals surface area contributed by atoms with Gasteiger partial charge >= 0.3 is 6.18 Å². The molecule has 37 heavy (non-hydrogen) atoms. The van der Waals surface area contributed by atoms with Crippen LogP contribution in [-0.4, -0.2) is 28.9 Å². The highest BCUT2D eigenvalue weighted by atomic mass is 32.2. The van der Waals surface area contributed by atoms with Crippen LogP contribution in [0.25, 0.3) is 11.3 Å². The van der Waals surface area contributed by atoms with Crippen LogP contribution >= 0.6 is 0 Å². The highest BCUT2D eigenvalue weighted by Crippen LogP contribution is 2.39. The van der Waals surface area contributed by atoms with Crippen molar-refractivity contribution in [3.63, 3.8) is 0 Å². The molecule has 4 rings (SSSR count). The number of carbonyl (C=O) groups is 1. The highest BCUT2D eigenvalue weighted by molar-refractivity contribution is 7.71. The second-order valence-electron chi connectivity index (χ2n) is 8.23. The molecule has 0 aliphatic heterocycles. The van der Waals surface area contributed by atoms with Crippen molar-refractivity contribution in [3.8, 4) is 11.3 Å². The van der Waals surface area contributed by atoms with Gasteiger partial charge in [0.2, 0.25) is 0 Å². The van der Waals surface area contributed by atoms with E-state index in [0.29, 0.717) is 16.8 Å². The van der Waals surface area contributed by atoms with Crippen molar-refractivity contribution in [1.29, 1.82) is 0 Å². The lowest BCUT2D eigenvalue weighted by atomic mass is 10.00. The Morgan fingerprint density at radius 2 is 1.78 bits per heavy atom. The van der Waals surface area contributed by atoms with Crippen LogP contribution in [0.5, 0.6) is 0 Å². The zero-order chi connectivity index (χ0) is 26.7. The van der Waals surface area contributed by atoms with E-state index in [9.17, 15) is 26.4 Å². The van der Waals surface area contributed by atoms with Crippen LogP contribution < -0.4 is 11.1 Å². The minimum Gasteiger partial charge on any atom is -0.384 e. The first kappa shape index (κ1) is 25.9. The molecule has 0 fully saturated rings. The maximum atomic E-state index is 13.9. The quantitative estimate of drug-likeness (QED) is 0.308. The van der Waals surface area contributed by atoms with Crippen molar-refractivity contribution in [3.05, 3.63) is 95.1 Å². The Kier molecular flexibility index (Phi) is 7.30. The molecule has 1 amide bonds. The van der Waals surface area contributed by atoms with E-state index in [0.717, 1.165) is 6.07 Å². The molecule has 4 aromatic rings. The molecule has 192 valence electrons. The predicted octanol–water partition coefficient (Wildman–Crippen LogP) is 4.27. The highest BCUT2D eigenvalue weighted by Gasteiger charge is 2.35. The Hall–Kier alpha value is -4.19. The third kappa shape index (κ3) is 5.97. The van der Waals surface area contributed by atoms with Gasteiger partial charge in [-0.15, -0.1) is 0 Å². The second-order valence-corrected chi connectivity index (χ2v) is 9.21. The van der Waals surface area contributed by atoms with Gasteiger partial charge in [-0.2, -0.15) is 13.2 Å². The molecule has 0 aliphatic rings. The third-order valence-corrected chi connectivity index (χ3v) is 6.25. The summed E-state index contributed by atoms with van der Waals surface area (Å²) in [5.74, 6) is -0.202. The van der Waals surface area contributed by atoms with Crippen LogP contribution in [0.3, 0.4) is 0 Å². The van der Waals surface area contributed by atoms with Crippen molar-refractivity contribution in [2.45, 2.75) is 25.4 Å². The van der Waals surface area contributed by atoms with E-state index < -0.39 is 28.4 Å². The van der Waals surface area contributed by atoms with E-state index in [1.165, 1.54) is 41.2 Å². The average molecular weight is 530 g/mol. The number of aromatic nitrogens is 3. The number of alkyl halides is 3. The molecule has 0 atom stereocenters. The number of nitrogen functional groups attached to an aromatic ring is 1. The largest absolute Gasteiger partial charge is 0.417 e. The number of nitrogens with two attached hydrogens (primary N) is 1. The van der Waals surface area contributed by atoms with Crippen LogP contribution in [-0.2, 0) is 29.2 Å². The van der Waals surface area contributed by atoms with Gasteiger partial charge in [0, 0.05) is 23.6 Å². The number of nitrogens with one attached hydrogen (secondary N) is 1. The summed E-state index contributed by atoms with van der Waals surface area (Å²) in [6, 6.07) is 12.9. The molecule has 0 spiro atoms. The summed E-state index contributed by atoms with van der Waals surface area (Å²) in [5.41, 5.74) is 6.45. The van der Waals surface area contributed by atoms with Gasteiger partial charge in [-0.3, -0.25) is 4.79 Å². The van der Waals surface area contributed by atoms with Gasteiger partial charge in [0.05, 0.1) is 29.1 Å².